The quantitative estimate of drug-likeness (QED) is 0.690. The van der Waals surface area contributed by atoms with Gasteiger partial charge in [-0.3, -0.25) is 9.59 Å². The molecule has 0 aliphatic carbocycles. The van der Waals surface area contributed by atoms with Gasteiger partial charge in [-0.05, 0) is 73.5 Å². The van der Waals surface area contributed by atoms with Crippen LogP contribution in [0.2, 0.25) is 0 Å². The molecule has 0 fully saturated rings. The van der Waals surface area contributed by atoms with E-state index >= 15 is 0 Å². The first kappa shape index (κ1) is 18.3. The topological polar surface area (TPSA) is 58.2 Å². The van der Waals surface area contributed by atoms with E-state index in [1.807, 2.05) is 32.0 Å². The molecule has 136 valence electrons. The van der Waals surface area contributed by atoms with Gasteiger partial charge in [0.05, 0.1) is 0 Å². The highest BCUT2D eigenvalue weighted by Crippen LogP contribution is 2.20. The molecule has 0 saturated carbocycles. The fraction of sp³-hybridized carbons (Fsp3) is 0.0909. The summed E-state index contributed by atoms with van der Waals surface area (Å²) in [5, 5.41) is 5.60. The highest BCUT2D eigenvalue weighted by atomic mass is 19.1. The van der Waals surface area contributed by atoms with Crippen LogP contribution in [0.5, 0.6) is 0 Å². The minimum Gasteiger partial charge on any atom is -0.322 e. The predicted octanol–water partition coefficient (Wildman–Crippen LogP) is 4.95. The van der Waals surface area contributed by atoms with Crippen LogP contribution in [0, 0.1) is 19.7 Å². The Bertz CT molecular complexity index is 960. The van der Waals surface area contributed by atoms with Gasteiger partial charge in [0, 0.05) is 22.5 Å². The minimum atomic E-state index is -0.368. The van der Waals surface area contributed by atoms with Gasteiger partial charge in [0.25, 0.3) is 11.8 Å². The maximum Gasteiger partial charge on any atom is 0.255 e. The Morgan fingerprint density at radius 2 is 1.19 bits per heavy atom. The van der Waals surface area contributed by atoms with Crippen molar-refractivity contribution in [3.63, 3.8) is 0 Å². The van der Waals surface area contributed by atoms with Crippen molar-refractivity contribution in [1.29, 1.82) is 0 Å². The van der Waals surface area contributed by atoms with Crippen molar-refractivity contribution in [3.8, 4) is 0 Å². The third-order valence-electron chi connectivity index (χ3n) is 4.23. The van der Waals surface area contributed by atoms with Crippen molar-refractivity contribution in [2.75, 3.05) is 10.6 Å². The average Bonchev–Trinajstić information content (AvgIpc) is 2.66. The van der Waals surface area contributed by atoms with Crippen LogP contribution in [0.15, 0.2) is 66.7 Å². The van der Waals surface area contributed by atoms with Crippen LogP contribution in [0.3, 0.4) is 0 Å². The number of nitrogens with one attached hydrogen (secondary N) is 2. The number of carbonyl (C=O) groups excluding carboxylic acids is 2. The van der Waals surface area contributed by atoms with Crippen LogP contribution in [-0.2, 0) is 0 Å². The molecule has 0 spiro atoms. The van der Waals surface area contributed by atoms with Gasteiger partial charge in [-0.25, -0.2) is 4.39 Å². The smallest absolute Gasteiger partial charge is 0.255 e. The van der Waals surface area contributed by atoms with Gasteiger partial charge in [-0.1, -0.05) is 18.2 Å². The van der Waals surface area contributed by atoms with E-state index in [1.54, 1.807) is 24.3 Å². The molecule has 0 saturated heterocycles. The van der Waals surface area contributed by atoms with Gasteiger partial charge < -0.3 is 10.6 Å². The summed E-state index contributed by atoms with van der Waals surface area (Å²) in [7, 11) is 0. The Hall–Kier alpha value is -3.47. The van der Waals surface area contributed by atoms with E-state index in [0.29, 0.717) is 16.8 Å². The molecule has 4 nitrogen and oxygen atoms in total. The molecule has 2 amide bonds. The fourth-order valence-electron chi connectivity index (χ4n) is 2.71. The summed E-state index contributed by atoms with van der Waals surface area (Å²) >= 11 is 0. The molecule has 3 aromatic rings. The lowest BCUT2D eigenvalue weighted by Crippen LogP contribution is -2.15. The summed E-state index contributed by atoms with van der Waals surface area (Å²) in [5.41, 5.74) is 4.12. The Morgan fingerprint density at radius 3 is 1.70 bits per heavy atom. The van der Waals surface area contributed by atoms with Crippen LogP contribution >= 0.6 is 0 Å². The maximum absolute atomic E-state index is 12.9. The van der Waals surface area contributed by atoms with Gasteiger partial charge in [0.1, 0.15) is 5.82 Å². The number of carbonyl (C=O) groups is 2. The molecule has 0 bridgehead atoms. The average molecular weight is 362 g/mol. The summed E-state index contributed by atoms with van der Waals surface area (Å²) in [5.74, 6) is -0.937. The van der Waals surface area contributed by atoms with Gasteiger partial charge in [-0.15, -0.1) is 0 Å². The highest BCUT2D eigenvalue weighted by molar-refractivity contribution is 6.07. The van der Waals surface area contributed by atoms with Crippen molar-refractivity contribution >= 4 is 23.2 Å². The number of hydrogen-bond donors (Lipinski definition) is 2. The monoisotopic (exact) mass is 362 g/mol. The predicted molar refractivity (Wildman–Crippen MR) is 105 cm³/mol. The molecular weight excluding hydrogens is 343 g/mol. The van der Waals surface area contributed by atoms with E-state index in [-0.39, 0.29) is 17.6 Å². The number of benzene rings is 3. The first-order valence-electron chi connectivity index (χ1n) is 8.48. The second kappa shape index (κ2) is 7.83. The molecule has 3 aromatic carbocycles. The maximum atomic E-state index is 12.9. The summed E-state index contributed by atoms with van der Waals surface area (Å²) in [4.78, 5) is 24.7. The lowest BCUT2D eigenvalue weighted by atomic mass is 10.1. The second-order valence-corrected chi connectivity index (χ2v) is 6.26. The minimum absolute atomic E-state index is 0.238. The summed E-state index contributed by atoms with van der Waals surface area (Å²) in [6.45, 7) is 3.87. The molecule has 5 heteroatoms. The number of halogens is 1. The van der Waals surface area contributed by atoms with Crippen molar-refractivity contribution < 1.29 is 14.0 Å². The molecule has 2 N–H and O–H groups in total. The van der Waals surface area contributed by atoms with E-state index in [2.05, 4.69) is 10.6 Å². The standard InChI is InChI=1S/C22H19FN2O2/c1-14-4-3-5-15(2)20(14)25-22(27)17-8-6-16(7-9-17)21(26)24-19-12-10-18(23)11-13-19/h3-13H,1-2H3,(H,24,26)(H,25,27). The third kappa shape index (κ3) is 4.39. The first-order valence-corrected chi connectivity index (χ1v) is 8.48. The SMILES string of the molecule is Cc1cccc(C)c1NC(=O)c1ccc(C(=O)Nc2ccc(F)cc2)cc1. The zero-order valence-electron chi connectivity index (χ0n) is 15.0. The number of aryl methyl sites for hydroxylation is 2. The summed E-state index contributed by atoms with van der Waals surface area (Å²) in [6.07, 6.45) is 0. The van der Waals surface area contributed by atoms with E-state index in [9.17, 15) is 14.0 Å². The molecular formula is C22H19FN2O2. The van der Waals surface area contributed by atoms with E-state index in [4.69, 9.17) is 0 Å². The van der Waals surface area contributed by atoms with Crippen LogP contribution in [0.4, 0.5) is 15.8 Å². The normalized spacial score (nSPS) is 10.3. The van der Waals surface area contributed by atoms with Gasteiger partial charge >= 0.3 is 0 Å². The second-order valence-electron chi connectivity index (χ2n) is 6.26. The lowest BCUT2D eigenvalue weighted by molar-refractivity contribution is 0.101. The van der Waals surface area contributed by atoms with Gasteiger partial charge in [0.2, 0.25) is 0 Å². The molecule has 0 aliphatic rings. The molecule has 0 aromatic heterocycles. The van der Waals surface area contributed by atoms with Gasteiger partial charge in [-0.2, -0.15) is 0 Å². The van der Waals surface area contributed by atoms with Gasteiger partial charge in [0.15, 0.2) is 0 Å². The molecule has 0 unspecified atom stereocenters. The van der Waals surface area contributed by atoms with E-state index in [1.165, 1.54) is 24.3 Å². The molecule has 0 heterocycles. The molecule has 0 radical (unpaired) electrons. The lowest BCUT2D eigenvalue weighted by Gasteiger charge is -2.12. The number of amides is 2. The Labute approximate surface area is 157 Å². The van der Waals surface area contributed by atoms with Crippen molar-refractivity contribution in [2.24, 2.45) is 0 Å². The molecule has 0 atom stereocenters. The number of hydrogen-bond acceptors (Lipinski definition) is 2. The van der Waals surface area contributed by atoms with Crippen molar-refractivity contribution in [1.82, 2.24) is 0 Å². The number of para-hydroxylation sites is 1. The summed E-state index contributed by atoms with van der Waals surface area (Å²) < 4.78 is 12.9. The zero-order chi connectivity index (χ0) is 19.4. The van der Waals surface area contributed by atoms with Crippen LogP contribution in [-0.4, -0.2) is 11.8 Å². The van der Waals surface area contributed by atoms with E-state index < -0.39 is 0 Å². The number of rotatable bonds is 4. The highest BCUT2D eigenvalue weighted by Gasteiger charge is 2.11. The zero-order valence-corrected chi connectivity index (χ0v) is 15.0. The first-order chi connectivity index (χ1) is 12.9. The molecule has 0 aliphatic heterocycles. The van der Waals surface area contributed by atoms with Crippen LogP contribution in [0.25, 0.3) is 0 Å². The van der Waals surface area contributed by atoms with E-state index in [0.717, 1.165) is 16.8 Å². The van der Waals surface area contributed by atoms with Crippen molar-refractivity contribution in [3.05, 3.63) is 94.8 Å². The van der Waals surface area contributed by atoms with Crippen LogP contribution < -0.4 is 10.6 Å². The Morgan fingerprint density at radius 1 is 0.704 bits per heavy atom. The van der Waals surface area contributed by atoms with Crippen molar-refractivity contribution in [2.45, 2.75) is 13.8 Å². The number of anilines is 2. The molecule has 27 heavy (non-hydrogen) atoms. The fourth-order valence-corrected chi connectivity index (χ4v) is 2.71. The van der Waals surface area contributed by atoms with Crippen LogP contribution in [0.1, 0.15) is 31.8 Å². The Balaban J connectivity index is 1.70. The Kier molecular flexibility index (Phi) is 5.31. The molecule has 3 rings (SSSR count). The summed E-state index contributed by atoms with van der Waals surface area (Å²) in [6, 6.07) is 17.7. The largest absolute Gasteiger partial charge is 0.322 e. The third-order valence-corrected chi connectivity index (χ3v) is 4.23.